The van der Waals surface area contributed by atoms with Crippen molar-refractivity contribution in [1.29, 1.82) is 0 Å². The van der Waals surface area contributed by atoms with E-state index in [9.17, 15) is 9.18 Å². The Bertz CT molecular complexity index is 781. The molecule has 22 heavy (non-hydrogen) atoms. The lowest BCUT2D eigenvalue weighted by molar-refractivity contribution is -0.123. The maximum Gasteiger partial charge on any atom is 0.258 e. The normalized spacial score (nSPS) is 10.6. The zero-order valence-electron chi connectivity index (χ0n) is 11.8. The summed E-state index contributed by atoms with van der Waals surface area (Å²) < 4.78 is 18.0. The van der Waals surface area contributed by atoms with Gasteiger partial charge in [-0.1, -0.05) is 18.2 Å². The largest absolute Gasteiger partial charge is 0.484 e. The van der Waals surface area contributed by atoms with E-state index in [4.69, 9.17) is 4.74 Å². The van der Waals surface area contributed by atoms with Gasteiger partial charge in [0.25, 0.3) is 5.91 Å². The van der Waals surface area contributed by atoms with Gasteiger partial charge in [0.1, 0.15) is 11.6 Å². The highest BCUT2D eigenvalue weighted by Gasteiger charge is 2.06. The number of carbonyl (C=O) groups excluding carboxylic acids is 1. The van der Waals surface area contributed by atoms with E-state index in [1.807, 2.05) is 30.5 Å². The molecule has 0 bridgehead atoms. The van der Waals surface area contributed by atoms with Gasteiger partial charge in [-0.2, -0.15) is 0 Å². The van der Waals surface area contributed by atoms with E-state index >= 15 is 0 Å². The van der Waals surface area contributed by atoms with Crippen LogP contribution in [-0.2, 0) is 11.3 Å². The van der Waals surface area contributed by atoms with Crippen molar-refractivity contribution in [3.8, 4) is 5.75 Å². The van der Waals surface area contributed by atoms with E-state index in [0.29, 0.717) is 12.3 Å². The first-order valence-corrected chi connectivity index (χ1v) is 6.92. The van der Waals surface area contributed by atoms with E-state index in [-0.39, 0.29) is 18.3 Å². The second kappa shape index (κ2) is 6.30. The number of hydrogen-bond donors (Lipinski definition) is 2. The Labute approximate surface area is 126 Å². The fraction of sp³-hybridized carbons (Fsp3) is 0.118. The molecule has 3 aromatic rings. The second-order valence-electron chi connectivity index (χ2n) is 4.88. The minimum atomic E-state index is -0.337. The average molecular weight is 298 g/mol. The lowest BCUT2D eigenvalue weighted by atomic mass is 10.2. The highest BCUT2D eigenvalue weighted by molar-refractivity contribution is 5.84. The summed E-state index contributed by atoms with van der Waals surface area (Å²) in [6, 6.07) is 13.5. The number of halogens is 1. The van der Waals surface area contributed by atoms with Crippen LogP contribution >= 0.6 is 0 Å². The Morgan fingerprint density at radius 1 is 1.14 bits per heavy atom. The van der Waals surface area contributed by atoms with Gasteiger partial charge >= 0.3 is 0 Å². The van der Waals surface area contributed by atoms with Gasteiger partial charge in [-0.15, -0.1) is 0 Å². The Balaban J connectivity index is 1.53. The van der Waals surface area contributed by atoms with Crippen molar-refractivity contribution in [2.75, 3.05) is 6.61 Å². The molecule has 112 valence electrons. The molecule has 0 aliphatic carbocycles. The zero-order valence-corrected chi connectivity index (χ0v) is 11.8. The van der Waals surface area contributed by atoms with Crippen molar-refractivity contribution in [1.82, 2.24) is 10.3 Å². The van der Waals surface area contributed by atoms with E-state index in [2.05, 4.69) is 10.3 Å². The fourth-order valence-corrected chi connectivity index (χ4v) is 2.20. The van der Waals surface area contributed by atoms with Gasteiger partial charge in [-0.05, 0) is 35.9 Å². The highest BCUT2D eigenvalue weighted by atomic mass is 19.1. The molecule has 0 saturated heterocycles. The van der Waals surface area contributed by atoms with E-state index < -0.39 is 0 Å². The number of ether oxygens (including phenoxy) is 1. The van der Waals surface area contributed by atoms with Crippen LogP contribution in [0.4, 0.5) is 4.39 Å². The third-order valence-corrected chi connectivity index (χ3v) is 3.33. The molecule has 0 unspecified atom stereocenters. The van der Waals surface area contributed by atoms with Crippen LogP contribution in [0.25, 0.3) is 10.9 Å². The first kappa shape index (κ1) is 14.1. The predicted molar refractivity (Wildman–Crippen MR) is 82.0 cm³/mol. The van der Waals surface area contributed by atoms with Crippen LogP contribution in [0.1, 0.15) is 5.56 Å². The van der Waals surface area contributed by atoms with Gasteiger partial charge in [0.15, 0.2) is 6.61 Å². The maximum atomic E-state index is 12.8. The topological polar surface area (TPSA) is 54.1 Å². The van der Waals surface area contributed by atoms with Gasteiger partial charge in [-0.3, -0.25) is 4.79 Å². The Kier molecular flexibility index (Phi) is 4.05. The molecule has 0 radical (unpaired) electrons. The number of para-hydroxylation sites is 1. The molecule has 1 amide bonds. The van der Waals surface area contributed by atoms with Crippen molar-refractivity contribution in [2.24, 2.45) is 0 Å². The van der Waals surface area contributed by atoms with Crippen molar-refractivity contribution < 1.29 is 13.9 Å². The van der Waals surface area contributed by atoms with Crippen molar-refractivity contribution in [2.45, 2.75) is 6.54 Å². The van der Waals surface area contributed by atoms with Gasteiger partial charge in [0, 0.05) is 23.6 Å². The minimum Gasteiger partial charge on any atom is -0.484 e. The number of carbonyl (C=O) groups is 1. The molecule has 0 atom stereocenters. The molecule has 2 N–H and O–H groups in total. The number of aromatic amines is 1. The number of fused-ring (bicyclic) bond motifs is 1. The summed E-state index contributed by atoms with van der Waals surface area (Å²) in [4.78, 5) is 15.0. The maximum absolute atomic E-state index is 12.8. The van der Waals surface area contributed by atoms with Crippen LogP contribution < -0.4 is 10.1 Å². The number of amides is 1. The fourth-order valence-electron chi connectivity index (χ4n) is 2.20. The van der Waals surface area contributed by atoms with Crippen LogP contribution in [0.15, 0.2) is 54.7 Å². The van der Waals surface area contributed by atoms with Crippen molar-refractivity contribution in [3.05, 3.63) is 66.1 Å². The lowest BCUT2D eigenvalue weighted by Crippen LogP contribution is -2.28. The quantitative estimate of drug-likeness (QED) is 0.761. The van der Waals surface area contributed by atoms with Crippen molar-refractivity contribution in [3.63, 3.8) is 0 Å². The summed E-state index contributed by atoms with van der Waals surface area (Å²) in [7, 11) is 0. The molecule has 4 nitrogen and oxygen atoms in total. The number of rotatable bonds is 5. The Hall–Kier alpha value is -2.82. The SMILES string of the molecule is O=C(COc1ccc(F)cc1)NCc1c[nH]c2ccccc12. The lowest BCUT2D eigenvalue weighted by Gasteiger charge is -2.07. The van der Waals surface area contributed by atoms with Gasteiger partial charge in [-0.25, -0.2) is 4.39 Å². The van der Waals surface area contributed by atoms with Crippen molar-refractivity contribution >= 4 is 16.8 Å². The smallest absolute Gasteiger partial charge is 0.258 e. The summed E-state index contributed by atoms with van der Waals surface area (Å²) in [5.74, 6) is -0.102. The number of aromatic nitrogens is 1. The molecule has 0 fully saturated rings. The summed E-state index contributed by atoms with van der Waals surface area (Å²) in [5.41, 5.74) is 2.06. The van der Waals surface area contributed by atoms with Crippen LogP contribution in [0.5, 0.6) is 5.75 Å². The molecule has 0 saturated carbocycles. The summed E-state index contributed by atoms with van der Waals surface area (Å²) in [6.45, 7) is 0.323. The first-order valence-electron chi connectivity index (χ1n) is 6.92. The number of H-pyrrole nitrogens is 1. The third-order valence-electron chi connectivity index (χ3n) is 3.33. The van der Waals surface area contributed by atoms with E-state index in [1.165, 1.54) is 24.3 Å². The molecular formula is C17H15FN2O2. The van der Waals surface area contributed by atoms with Gasteiger partial charge in [0.2, 0.25) is 0 Å². The van der Waals surface area contributed by atoms with Crippen LogP contribution in [0.2, 0.25) is 0 Å². The van der Waals surface area contributed by atoms with E-state index in [1.54, 1.807) is 0 Å². The number of nitrogens with one attached hydrogen (secondary N) is 2. The van der Waals surface area contributed by atoms with Gasteiger partial charge in [0.05, 0.1) is 0 Å². The molecular weight excluding hydrogens is 283 g/mol. The molecule has 0 aliphatic heterocycles. The van der Waals surface area contributed by atoms with Crippen LogP contribution in [0, 0.1) is 5.82 Å². The van der Waals surface area contributed by atoms with Crippen LogP contribution in [0.3, 0.4) is 0 Å². The predicted octanol–water partition coefficient (Wildman–Crippen LogP) is 3.00. The third kappa shape index (κ3) is 3.25. The summed E-state index contributed by atoms with van der Waals surface area (Å²) >= 11 is 0. The zero-order chi connectivity index (χ0) is 15.4. The van der Waals surface area contributed by atoms with E-state index in [0.717, 1.165) is 16.5 Å². The highest BCUT2D eigenvalue weighted by Crippen LogP contribution is 2.17. The minimum absolute atomic E-state index is 0.103. The average Bonchev–Trinajstić information content (AvgIpc) is 2.96. The number of hydrogen-bond acceptors (Lipinski definition) is 2. The monoisotopic (exact) mass is 298 g/mol. The molecule has 2 aromatic carbocycles. The Morgan fingerprint density at radius 2 is 1.91 bits per heavy atom. The first-order chi connectivity index (χ1) is 10.7. The molecule has 3 rings (SSSR count). The summed E-state index contributed by atoms with van der Waals surface area (Å²) in [6.07, 6.45) is 1.88. The Morgan fingerprint density at radius 3 is 2.73 bits per heavy atom. The second-order valence-corrected chi connectivity index (χ2v) is 4.88. The molecule has 1 aromatic heterocycles. The number of benzene rings is 2. The standard InChI is InChI=1S/C17H15FN2O2/c18-13-5-7-14(8-6-13)22-11-17(21)20-10-12-9-19-16-4-2-1-3-15(12)16/h1-9,19H,10-11H2,(H,20,21). The molecule has 5 heteroatoms. The van der Waals surface area contributed by atoms with Crippen LogP contribution in [-0.4, -0.2) is 17.5 Å². The molecule has 0 aliphatic rings. The summed E-state index contributed by atoms with van der Waals surface area (Å²) in [5, 5.41) is 3.89. The molecule has 1 heterocycles. The van der Waals surface area contributed by atoms with Gasteiger partial charge < -0.3 is 15.0 Å². The molecule has 0 spiro atoms.